The lowest BCUT2D eigenvalue weighted by atomic mass is 10.2. The predicted molar refractivity (Wildman–Crippen MR) is 60.6 cm³/mol. The molecule has 1 heterocycles. The van der Waals surface area contributed by atoms with Crippen molar-refractivity contribution in [2.24, 2.45) is 5.73 Å². The average Bonchev–Trinajstić information content (AvgIpc) is 2.28. The van der Waals surface area contributed by atoms with Gasteiger partial charge in [0.2, 0.25) is 5.91 Å². The summed E-state index contributed by atoms with van der Waals surface area (Å²) in [7, 11) is -1.40. The molecule has 13 heavy (non-hydrogen) atoms. The van der Waals surface area contributed by atoms with Gasteiger partial charge in [0.15, 0.2) is 0 Å². The van der Waals surface area contributed by atoms with Gasteiger partial charge in [-0.2, -0.15) is 11.3 Å². The molecule has 1 amide bonds. The second kappa shape index (κ2) is 3.27. The summed E-state index contributed by atoms with van der Waals surface area (Å²) in [5, 5.41) is 2.02. The largest absolute Gasteiger partial charge is 0.366 e. The summed E-state index contributed by atoms with van der Waals surface area (Å²) in [6.07, 6.45) is 0. The second-order valence-corrected chi connectivity index (χ2v) is 10.5. The standard InChI is InChI=1S/C9H15NOSSi/c1-6-5-12-9(13(2,3)4)7(6)8(10)11/h5H,1-4H3,(H2,10,11). The van der Waals surface area contributed by atoms with Crippen LogP contribution < -0.4 is 10.2 Å². The van der Waals surface area contributed by atoms with E-state index in [0.29, 0.717) is 0 Å². The Morgan fingerprint density at radius 3 is 2.31 bits per heavy atom. The number of primary amides is 1. The van der Waals surface area contributed by atoms with Crippen LogP contribution in [0.5, 0.6) is 0 Å². The highest BCUT2D eigenvalue weighted by Crippen LogP contribution is 2.16. The Hall–Kier alpha value is -0.613. The average molecular weight is 213 g/mol. The molecule has 0 unspecified atom stereocenters. The summed E-state index contributed by atoms with van der Waals surface area (Å²) in [6, 6.07) is 0. The summed E-state index contributed by atoms with van der Waals surface area (Å²) < 4.78 is 1.22. The molecule has 4 heteroatoms. The van der Waals surface area contributed by atoms with Crippen molar-refractivity contribution in [1.82, 2.24) is 0 Å². The fourth-order valence-electron chi connectivity index (χ4n) is 1.30. The second-order valence-electron chi connectivity index (χ2n) is 4.24. The maximum Gasteiger partial charge on any atom is 0.249 e. The van der Waals surface area contributed by atoms with Crippen LogP contribution in [0.15, 0.2) is 5.38 Å². The molecular weight excluding hydrogens is 198 g/mol. The summed E-state index contributed by atoms with van der Waals surface area (Å²) in [5.41, 5.74) is 7.14. The minimum absolute atomic E-state index is 0.281. The molecule has 0 aliphatic rings. The maximum absolute atomic E-state index is 11.2. The van der Waals surface area contributed by atoms with Gasteiger partial charge in [-0.15, -0.1) is 0 Å². The maximum atomic E-state index is 11.2. The Morgan fingerprint density at radius 2 is 2.00 bits per heavy atom. The summed E-state index contributed by atoms with van der Waals surface area (Å²) in [4.78, 5) is 11.2. The fraction of sp³-hybridized carbons (Fsp3) is 0.444. The molecule has 0 aliphatic carbocycles. The smallest absolute Gasteiger partial charge is 0.249 e. The van der Waals surface area contributed by atoms with Crippen LogP contribution >= 0.6 is 11.3 Å². The van der Waals surface area contributed by atoms with Crippen molar-refractivity contribution in [2.75, 3.05) is 0 Å². The first-order valence-corrected chi connectivity index (χ1v) is 8.60. The van der Waals surface area contributed by atoms with E-state index in [4.69, 9.17) is 5.73 Å². The highest BCUT2D eigenvalue weighted by molar-refractivity contribution is 7.25. The normalized spacial score (nSPS) is 11.7. The first-order chi connectivity index (χ1) is 5.84. The highest BCUT2D eigenvalue weighted by atomic mass is 32.1. The number of hydrogen-bond donors (Lipinski definition) is 1. The monoisotopic (exact) mass is 213 g/mol. The molecule has 0 aromatic carbocycles. The molecule has 72 valence electrons. The number of rotatable bonds is 2. The molecule has 0 radical (unpaired) electrons. The van der Waals surface area contributed by atoms with Gasteiger partial charge in [-0.1, -0.05) is 19.6 Å². The lowest BCUT2D eigenvalue weighted by Crippen LogP contribution is -2.40. The van der Waals surface area contributed by atoms with E-state index in [0.717, 1.165) is 11.1 Å². The zero-order chi connectivity index (χ0) is 10.2. The molecule has 1 aromatic heterocycles. The minimum Gasteiger partial charge on any atom is -0.366 e. The van der Waals surface area contributed by atoms with E-state index in [1.54, 1.807) is 11.3 Å². The molecular formula is C9H15NOSSi. The Morgan fingerprint density at radius 1 is 1.46 bits per heavy atom. The van der Waals surface area contributed by atoms with Gasteiger partial charge in [0, 0.05) is 4.50 Å². The van der Waals surface area contributed by atoms with Gasteiger partial charge in [-0.05, 0) is 17.9 Å². The lowest BCUT2D eigenvalue weighted by molar-refractivity contribution is 0.100. The van der Waals surface area contributed by atoms with Crippen molar-refractivity contribution in [3.05, 3.63) is 16.5 Å². The molecule has 0 aliphatic heterocycles. The van der Waals surface area contributed by atoms with E-state index in [1.165, 1.54) is 4.50 Å². The van der Waals surface area contributed by atoms with Gasteiger partial charge in [0.05, 0.1) is 13.6 Å². The van der Waals surface area contributed by atoms with Crippen molar-refractivity contribution >= 4 is 29.8 Å². The molecule has 1 aromatic rings. The van der Waals surface area contributed by atoms with Crippen molar-refractivity contribution in [3.63, 3.8) is 0 Å². The van der Waals surface area contributed by atoms with Crippen LogP contribution in [0.25, 0.3) is 0 Å². The molecule has 0 saturated carbocycles. The third-order valence-electron chi connectivity index (χ3n) is 1.90. The van der Waals surface area contributed by atoms with Gasteiger partial charge in [-0.3, -0.25) is 4.79 Å². The van der Waals surface area contributed by atoms with Crippen molar-refractivity contribution < 1.29 is 4.79 Å². The van der Waals surface area contributed by atoms with E-state index in [1.807, 2.05) is 12.3 Å². The first-order valence-electron chi connectivity index (χ1n) is 4.22. The van der Waals surface area contributed by atoms with Crippen LogP contribution in [-0.4, -0.2) is 14.0 Å². The number of aryl methyl sites for hydroxylation is 1. The topological polar surface area (TPSA) is 43.1 Å². The Labute approximate surface area is 83.8 Å². The summed E-state index contributed by atoms with van der Waals surface area (Å²) in [5.74, 6) is -0.281. The number of carbonyl (C=O) groups is 1. The molecule has 2 N–H and O–H groups in total. The SMILES string of the molecule is Cc1csc([Si](C)(C)C)c1C(N)=O. The molecule has 0 fully saturated rings. The Bertz CT molecular complexity index is 338. The van der Waals surface area contributed by atoms with E-state index in [9.17, 15) is 4.79 Å². The van der Waals surface area contributed by atoms with E-state index < -0.39 is 8.07 Å². The van der Waals surface area contributed by atoms with Crippen LogP contribution in [0.1, 0.15) is 15.9 Å². The van der Waals surface area contributed by atoms with Gasteiger partial charge in [0.1, 0.15) is 0 Å². The van der Waals surface area contributed by atoms with Crippen molar-refractivity contribution in [2.45, 2.75) is 26.6 Å². The van der Waals surface area contributed by atoms with Crippen LogP contribution in [0.3, 0.4) is 0 Å². The molecule has 0 atom stereocenters. The summed E-state index contributed by atoms with van der Waals surface area (Å²) in [6.45, 7) is 8.63. The quantitative estimate of drug-likeness (QED) is 0.747. The Balaban J connectivity index is 3.31. The first kappa shape index (κ1) is 10.5. The lowest BCUT2D eigenvalue weighted by Gasteiger charge is -2.15. The molecule has 0 bridgehead atoms. The van der Waals surface area contributed by atoms with Crippen LogP contribution in [0.4, 0.5) is 0 Å². The van der Waals surface area contributed by atoms with Gasteiger partial charge in [-0.25, -0.2) is 0 Å². The van der Waals surface area contributed by atoms with E-state index in [2.05, 4.69) is 19.6 Å². The fourth-order valence-corrected chi connectivity index (χ4v) is 4.76. The molecule has 2 nitrogen and oxygen atoms in total. The third-order valence-corrected chi connectivity index (χ3v) is 6.62. The Kier molecular flexibility index (Phi) is 2.63. The predicted octanol–water partition coefficient (Wildman–Crippen LogP) is 1.70. The molecule has 1 rings (SSSR count). The molecule has 0 spiro atoms. The summed E-state index contributed by atoms with van der Waals surface area (Å²) >= 11 is 1.67. The van der Waals surface area contributed by atoms with Gasteiger partial charge >= 0.3 is 0 Å². The van der Waals surface area contributed by atoms with Crippen LogP contribution in [0, 0.1) is 6.92 Å². The zero-order valence-corrected chi connectivity index (χ0v) is 10.3. The highest BCUT2D eigenvalue weighted by Gasteiger charge is 2.25. The van der Waals surface area contributed by atoms with Gasteiger partial charge < -0.3 is 5.73 Å². The number of amides is 1. The van der Waals surface area contributed by atoms with Crippen molar-refractivity contribution in [3.8, 4) is 0 Å². The molecule has 0 saturated heterocycles. The van der Waals surface area contributed by atoms with E-state index >= 15 is 0 Å². The van der Waals surface area contributed by atoms with Crippen molar-refractivity contribution in [1.29, 1.82) is 0 Å². The van der Waals surface area contributed by atoms with Crippen LogP contribution in [-0.2, 0) is 0 Å². The van der Waals surface area contributed by atoms with Gasteiger partial charge in [0.25, 0.3) is 0 Å². The number of carbonyl (C=O) groups excluding carboxylic acids is 1. The third kappa shape index (κ3) is 2.00. The van der Waals surface area contributed by atoms with E-state index in [-0.39, 0.29) is 5.91 Å². The zero-order valence-electron chi connectivity index (χ0n) is 8.47. The number of nitrogens with two attached hydrogens (primary N) is 1. The number of thiophene rings is 1. The number of hydrogen-bond acceptors (Lipinski definition) is 2. The minimum atomic E-state index is -1.40. The van der Waals surface area contributed by atoms with Crippen LogP contribution in [0.2, 0.25) is 19.6 Å².